The smallest absolute Gasteiger partial charge is 0.175 e. The van der Waals surface area contributed by atoms with E-state index >= 15 is 0 Å². The molecular formula is C21H20N2S2. The predicted molar refractivity (Wildman–Crippen MR) is 107 cm³/mol. The maximum absolute atomic E-state index is 4.97. The molecule has 0 bridgehead atoms. The predicted octanol–water partition coefficient (Wildman–Crippen LogP) is 6.44. The Kier molecular flexibility index (Phi) is 3.90. The first-order valence-corrected chi connectivity index (χ1v) is 10.6. The highest BCUT2D eigenvalue weighted by Gasteiger charge is 2.38. The highest BCUT2D eigenvalue weighted by molar-refractivity contribution is 8.22. The molecule has 1 saturated carbocycles. The third-order valence-corrected chi connectivity index (χ3v) is 7.34. The molecule has 5 rings (SSSR count). The summed E-state index contributed by atoms with van der Waals surface area (Å²) in [7, 11) is 0. The molecule has 1 aliphatic heterocycles. The lowest BCUT2D eigenvalue weighted by molar-refractivity contribution is 0.247. The van der Waals surface area contributed by atoms with E-state index in [2.05, 4.69) is 65.2 Å². The van der Waals surface area contributed by atoms with Crippen LogP contribution in [0.1, 0.15) is 32.1 Å². The molecule has 0 atom stereocenters. The minimum Gasteiger partial charge on any atom is -0.309 e. The number of nitrogens with zero attached hydrogens (tertiary/aromatic N) is 2. The first kappa shape index (κ1) is 15.6. The Morgan fingerprint density at radius 3 is 2.52 bits per heavy atom. The molecule has 126 valence electrons. The van der Waals surface area contributed by atoms with Crippen molar-refractivity contribution in [1.29, 1.82) is 0 Å². The Morgan fingerprint density at radius 1 is 0.920 bits per heavy atom. The van der Waals surface area contributed by atoms with Gasteiger partial charge in [0.15, 0.2) is 5.16 Å². The van der Waals surface area contributed by atoms with E-state index in [0.29, 0.717) is 0 Å². The second-order valence-corrected chi connectivity index (χ2v) is 9.25. The van der Waals surface area contributed by atoms with Crippen molar-refractivity contribution >= 4 is 34.6 Å². The van der Waals surface area contributed by atoms with Gasteiger partial charge in [0.2, 0.25) is 0 Å². The number of imidazole rings is 1. The quantitative estimate of drug-likeness (QED) is 0.521. The Hall–Kier alpha value is -1.65. The lowest BCUT2D eigenvalue weighted by atomic mass is 9.81. The van der Waals surface area contributed by atoms with Crippen LogP contribution in [0.15, 0.2) is 75.0 Å². The fraction of sp³-hybridized carbons (Fsp3) is 0.286. The fourth-order valence-electron chi connectivity index (χ4n) is 4.09. The van der Waals surface area contributed by atoms with Gasteiger partial charge in [0.1, 0.15) is 0 Å². The van der Waals surface area contributed by atoms with Gasteiger partial charge < -0.3 is 4.57 Å². The van der Waals surface area contributed by atoms with E-state index in [-0.39, 0.29) is 5.54 Å². The molecule has 1 spiro atoms. The molecule has 0 amide bonds. The average molecular weight is 365 g/mol. The first-order valence-electron chi connectivity index (χ1n) is 8.96. The third kappa shape index (κ3) is 2.72. The summed E-state index contributed by atoms with van der Waals surface area (Å²) in [5.41, 5.74) is 2.51. The monoisotopic (exact) mass is 364 g/mol. The topological polar surface area (TPSA) is 17.8 Å². The second-order valence-electron chi connectivity index (χ2n) is 6.86. The van der Waals surface area contributed by atoms with E-state index in [4.69, 9.17) is 4.98 Å². The van der Waals surface area contributed by atoms with Crippen molar-refractivity contribution < 1.29 is 0 Å². The maximum atomic E-state index is 4.97. The summed E-state index contributed by atoms with van der Waals surface area (Å²) in [6.07, 6.45) is 8.94. The Labute approximate surface area is 156 Å². The van der Waals surface area contributed by atoms with Crippen LogP contribution in [0.25, 0.3) is 11.0 Å². The minimum absolute atomic E-state index is 0.103. The number of allylic oxidation sites excluding steroid dienone is 1. The van der Waals surface area contributed by atoms with Gasteiger partial charge in [-0.15, -0.1) is 0 Å². The summed E-state index contributed by atoms with van der Waals surface area (Å²) in [5, 5.41) is 1.16. The number of para-hydroxylation sites is 2. The molecular weight excluding hydrogens is 344 g/mol. The minimum atomic E-state index is 0.103. The van der Waals surface area contributed by atoms with Crippen molar-refractivity contribution in [3.8, 4) is 0 Å². The van der Waals surface area contributed by atoms with Crippen LogP contribution < -0.4 is 0 Å². The molecule has 0 radical (unpaired) electrons. The highest BCUT2D eigenvalue weighted by atomic mass is 32.2. The standard InChI is InChI=1S/C21H20N2S2/c1-3-9-16(10-4-1)24-19-15-21(13-7-2-8-14-21)23-18-12-6-5-11-17(18)22-20(23)25-19/h1,3-6,9-12,15H,2,7-8,13-14H2. The zero-order valence-corrected chi connectivity index (χ0v) is 15.7. The summed E-state index contributed by atoms with van der Waals surface area (Å²) in [5.74, 6) is 0. The zero-order chi connectivity index (χ0) is 16.7. The maximum Gasteiger partial charge on any atom is 0.175 e. The second kappa shape index (κ2) is 6.26. The molecule has 0 N–H and O–H groups in total. The van der Waals surface area contributed by atoms with Crippen molar-refractivity contribution in [3.05, 3.63) is 64.9 Å². The Bertz CT molecular complexity index is 937. The molecule has 2 nitrogen and oxygen atoms in total. The van der Waals surface area contributed by atoms with Crippen molar-refractivity contribution in [2.24, 2.45) is 0 Å². The lowest BCUT2D eigenvalue weighted by Gasteiger charge is -2.40. The van der Waals surface area contributed by atoms with Gasteiger partial charge in [-0.1, -0.05) is 61.4 Å². The largest absolute Gasteiger partial charge is 0.309 e. The summed E-state index contributed by atoms with van der Waals surface area (Å²) in [4.78, 5) is 6.27. The molecule has 2 aromatic carbocycles. The molecule has 0 saturated heterocycles. The SMILES string of the molecule is C1=C(Sc2ccccc2)Sc2nc3ccccc3n2C12CCCCC2. The van der Waals surface area contributed by atoms with E-state index in [1.165, 1.54) is 46.8 Å². The van der Waals surface area contributed by atoms with Gasteiger partial charge in [0.05, 0.1) is 20.8 Å². The number of benzene rings is 2. The normalized spacial score (nSPS) is 19.0. The Morgan fingerprint density at radius 2 is 1.68 bits per heavy atom. The average Bonchev–Trinajstić information content (AvgIpc) is 3.02. The molecule has 2 heterocycles. The third-order valence-electron chi connectivity index (χ3n) is 5.23. The van der Waals surface area contributed by atoms with Gasteiger partial charge in [0, 0.05) is 4.90 Å². The first-order chi connectivity index (χ1) is 12.3. The summed E-state index contributed by atoms with van der Waals surface area (Å²) in [6, 6.07) is 19.3. The van der Waals surface area contributed by atoms with Gasteiger partial charge in [-0.2, -0.15) is 0 Å². The fourth-order valence-corrected chi connectivity index (χ4v) is 6.55. The van der Waals surface area contributed by atoms with Crippen LogP contribution in [0.2, 0.25) is 0 Å². The van der Waals surface area contributed by atoms with Crippen LogP contribution in [0.5, 0.6) is 0 Å². The number of aromatic nitrogens is 2. The molecule has 1 fully saturated rings. The molecule has 25 heavy (non-hydrogen) atoms. The van der Waals surface area contributed by atoms with Crippen LogP contribution in [0.3, 0.4) is 0 Å². The number of fused-ring (bicyclic) bond motifs is 4. The van der Waals surface area contributed by atoms with Crippen molar-refractivity contribution in [2.75, 3.05) is 0 Å². The summed E-state index contributed by atoms with van der Waals surface area (Å²) in [6.45, 7) is 0. The van der Waals surface area contributed by atoms with Crippen molar-refractivity contribution in [2.45, 2.75) is 47.7 Å². The van der Waals surface area contributed by atoms with E-state index in [0.717, 1.165) is 10.7 Å². The lowest BCUT2D eigenvalue weighted by Crippen LogP contribution is -2.36. The zero-order valence-electron chi connectivity index (χ0n) is 14.0. The van der Waals surface area contributed by atoms with Crippen LogP contribution in [-0.2, 0) is 5.54 Å². The van der Waals surface area contributed by atoms with Gasteiger partial charge >= 0.3 is 0 Å². The highest BCUT2D eigenvalue weighted by Crippen LogP contribution is 2.51. The Balaban J connectivity index is 1.62. The number of hydrogen-bond donors (Lipinski definition) is 0. The molecule has 1 aromatic heterocycles. The van der Waals surface area contributed by atoms with Crippen molar-refractivity contribution in [3.63, 3.8) is 0 Å². The molecule has 4 heteroatoms. The van der Waals surface area contributed by atoms with Crippen LogP contribution >= 0.6 is 23.5 Å². The number of thioether (sulfide) groups is 2. The van der Waals surface area contributed by atoms with E-state index in [9.17, 15) is 0 Å². The van der Waals surface area contributed by atoms with Gasteiger partial charge in [0.25, 0.3) is 0 Å². The summed E-state index contributed by atoms with van der Waals surface area (Å²) >= 11 is 3.70. The van der Waals surface area contributed by atoms with E-state index < -0.39 is 0 Å². The van der Waals surface area contributed by atoms with Gasteiger partial charge in [-0.3, -0.25) is 0 Å². The van der Waals surface area contributed by atoms with Crippen molar-refractivity contribution in [1.82, 2.24) is 9.55 Å². The summed E-state index contributed by atoms with van der Waals surface area (Å²) < 4.78 is 3.90. The van der Waals surface area contributed by atoms with Crippen LogP contribution in [0.4, 0.5) is 0 Å². The number of rotatable bonds is 2. The van der Waals surface area contributed by atoms with Crippen LogP contribution in [-0.4, -0.2) is 9.55 Å². The van der Waals surface area contributed by atoms with Gasteiger partial charge in [-0.25, -0.2) is 4.98 Å². The molecule has 2 aliphatic rings. The van der Waals surface area contributed by atoms with Crippen LogP contribution in [0, 0.1) is 0 Å². The van der Waals surface area contributed by atoms with Gasteiger partial charge in [-0.05, 0) is 54.9 Å². The number of hydrogen-bond acceptors (Lipinski definition) is 3. The molecule has 3 aromatic rings. The van der Waals surface area contributed by atoms with E-state index in [1.807, 2.05) is 23.5 Å². The van der Waals surface area contributed by atoms with E-state index in [1.54, 1.807) is 0 Å². The molecule has 1 aliphatic carbocycles. The molecule has 0 unspecified atom stereocenters.